The molecule has 2 aromatic rings. The van der Waals surface area contributed by atoms with Gasteiger partial charge in [-0.25, -0.2) is 9.97 Å². The topological polar surface area (TPSA) is 67.1 Å². The number of nitrogens with one attached hydrogen (secondary N) is 2. The van der Waals surface area contributed by atoms with Crippen LogP contribution in [0.2, 0.25) is 0 Å². The summed E-state index contributed by atoms with van der Waals surface area (Å²) in [6.45, 7) is 5.69. The zero-order valence-corrected chi connectivity index (χ0v) is 15.5. The van der Waals surface area contributed by atoms with Gasteiger partial charge in [0.15, 0.2) is 5.96 Å². The summed E-state index contributed by atoms with van der Waals surface area (Å²) in [5.41, 5.74) is 1.11. The quantitative estimate of drug-likeness (QED) is 0.448. The van der Waals surface area contributed by atoms with E-state index in [1.807, 2.05) is 30.0 Å². The molecule has 0 fully saturated rings. The van der Waals surface area contributed by atoms with Crippen molar-refractivity contribution in [1.82, 2.24) is 25.2 Å². The second-order valence-corrected chi connectivity index (χ2v) is 4.72. The highest BCUT2D eigenvalue weighted by Gasteiger charge is 2.02. The number of aromatic nitrogens is 3. The first-order chi connectivity index (χ1) is 10.2. The van der Waals surface area contributed by atoms with Gasteiger partial charge in [-0.2, -0.15) is 0 Å². The van der Waals surface area contributed by atoms with Gasteiger partial charge in [0, 0.05) is 38.7 Å². The van der Waals surface area contributed by atoms with Crippen molar-refractivity contribution < 1.29 is 0 Å². The highest BCUT2D eigenvalue weighted by Crippen LogP contribution is 2.08. The average molecular weight is 414 g/mol. The second kappa shape index (κ2) is 9.39. The van der Waals surface area contributed by atoms with Crippen LogP contribution in [0, 0.1) is 6.92 Å². The van der Waals surface area contributed by atoms with Crippen molar-refractivity contribution >= 4 is 29.9 Å². The molecule has 2 rings (SSSR count). The van der Waals surface area contributed by atoms with Crippen LogP contribution in [0.4, 0.5) is 0 Å². The van der Waals surface area contributed by atoms with Crippen molar-refractivity contribution in [2.75, 3.05) is 13.6 Å². The van der Waals surface area contributed by atoms with E-state index in [2.05, 4.69) is 38.6 Å². The number of guanidine groups is 1. The summed E-state index contributed by atoms with van der Waals surface area (Å²) in [6.07, 6.45) is 6.62. The second-order valence-electron chi connectivity index (χ2n) is 4.72. The van der Waals surface area contributed by atoms with Crippen molar-refractivity contribution in [2.24, 2.45) is 4.99 Å². The van der Waals surface area contributed by atoms with Gasteiger partial charge < -0.3 is 10.6 Å². The maximum absolute atomic E-state index is 4.47. The van der Waals surface area contributed by atoms with Crippen molar-refractivity contribution in [1.29, 1.82) is 0 Å². The number of hydrogen-bond acceptors (Lipinski definition) is 3. The smallest absolute Gasteiger partial charge is 0.191 e. The Kier molecular flexibility index (Phi) is 7.86. The lowest BCUT2D eigenvalue weighted by Crippen LogP contribution is -2.37. The molecule has 0 spiro atoms. The Morgan fingerprint density at radius 3 is 2.64 bits per heavy atom. The maximum atomic E-state index is 4.47. The minimum atomic E-state index is 0. The summed E-state index contributed by atoms with van der Waals surface area (Å²) < 4.78 is 1.96. The number of imidazole rings is 1. The van der Waals surface area contributed by atoms with E-state index in [0.29, 0.717) is 6.54 Å². The Labute approximate surface area is 148 Å². The summed E-state index contributed by atoms with van der Waals surface area (Å²) >= 11 is 0. The summed E-state index contributed by atoms with van der Waals surface area (Å²) in [5.74, 6) is 2.62. The molecule has 0 aliphatic rings. The van der Waals surface area contributed by atoms with E-state index < -0.39 is 0 Å². The number of nitrogens with zero attached hydrogens (tertiary/aromatic N) is 4. The number of rotatable bonds is 5. The molecule has 0 bridgehead atoms. The maximum Gasteiger partial charge on any atom is 0.191 e. The van der Waals surface area contributed by atoms with Crippen LogP contribution in [-0.2, 0) is 6.54 Å². The molecule has 120 valence electrons. The zero-order valence-electron chi connectivity index (χ0n) is 13.2. The van der Waals surface area contributed by atoms with E-state index in [9.17, 15) is 0 Å². The van der Waals surface area contributed by atoms with Crippen LogP contribution in [0.25, 0.3) is 5.82 Å². The minimum Gasteiger partial charge on any atom is -0.356 e. The molecule has 0 aliphatic carbocycles. The summed E-state index contributed by atoms with van der Waals surface area (Å²) in [7, 11) is 1.77. The molecule has 0 unspecified atom stereocenters. The van der Waals surface area contributed by atoms with Crippen LogP contribution in [0.1, 0.15) is 24.7 Å². The summed E-state index contributed by atoms with van der Waals surface area (Å²) in [4.78, 5) is 12.8. The fraction of sp³-hybridized carbons (Fsp3) is 0.400. The fourth-order valence-corrected chi connectivity index (χ4v) is 1.93. The van der Waals surface area contributed by atoms with Gasteiger partial charge >= 0.3 is 0 Å². The van der Waals surface area contributed by atoms with Crippen molar-refractivity contribution in [2.45, 2.75) is 26.8 Å². The van der Waals surface area contributed by atoms with Crippen LogP contribution in [0.5, 0.6) is 0 Å². The Morgan fingerprint density at radius 1 is 1.27 bits per heavy atom. The molecule has 0 aliphatic heterocycles. The molecule has 2 aromatic heterocycles. The predicted octanol–water partition coefficient (Wildman–Crippen LogP) is 2.27. The first-order valence-electron chi connectivity index (χ1n) is 7.14. The molecule has 0 radical (unpaired) electrons. The van der Waals surface area contributed by atoms with E-state index in [4.69, 9.17) is 0 Å². The van der Waals surface area contributed by atoms with Gasteiger partial charge in [-0.05, 0) is 25.0 Å². The first kappa shape index (κ1) is 18.4. The highest BCUT2D eigenvalue weighted by molar-refractivity contribution is 14.0. The van der Waals surface area contributed by atoms with E-state index in [1.54, 1.807) is 13.2 Å². The molecule has 0 saturated heterocycles. The van der Waals surface area contributed by atoms with E-state index in [-0.39, 0.29) is 24.0 Å². The number of aryl methyl sites for hydroxylation is 1. The van der Waals surface area contributed by atoms with Crippen molar-refractivity contribution in [3.8, 4) is 5.82 Å². The van der Waals surface area contributed by atoms with Gasteiger partial charge in [0.2, 0.25) is 0 Å². The van der Waals surface area contributed by atoms with Crippen LogP contribution >= 0.6 is 24.0 Å². The predicted molar refractivity (Wildman–Crippen MR) is 100 cm³/mol. The highest BCUT2D eigenvalue weighted by atomic mass is 127. The molecule has 7 heteroatoms. The van der Waals surface area contributed by atoms with E-state index in [1.165, 1.54) is 0 Å². The SMILES string of the molecule is CCCNC(=NC)NCc1ccc(-n2ccnc2C)nc1.I. The fourth-order valence-electron chi connectivity index (χ4n) is 1.93. The Morgan fingerprint density at radius 2 is 2.09 bits per heavy atom. The Hall–Kier alpha value is -1.64. The monoisotopic (exact) mass is 414 g/mol. The molecule has 22 heavy (non-hydrogen) atoms. The number of halogens is 1. The van der Waals surface area contributed by atoms with Crippen LogP contribution in [0.3, 0.4) is 0 Å². The largest absolute Gasteiger partial charge is 0.356 e. The lowest BCUT2D eigenvalue weighted by Gasteiger charge is -2.11. The lowest BCUT2D eigenvalue weighted by molar-refractivity contribution is 0.779. The number of pyridine rings is 1. The molecule has 0 atom stereocenters. The third-order valence-corrected chi connectivity index (χ3v) is 3.11. The molecule has 0 aromatic carbocycles. The third kappa shape index (κ3) is 4.97. The molecule has 2 N–H and O–H groups in total. The third-order valence-electron chi connectivity index (χ3n) is 3.11. The average Bonchev–Trinajstić information content (AvgIpc) is 2.94. The van der Waals surface area contributed by atoms with Crippen LogP contribution in [0.15, 0.2) is 35.7 Å². The summed E-state index contributed by atoms with van der Waals surface area (Å²) in [5, 5.41) is 6.50. The molecular formula is C15H23IN6. The molecular weight excluding hydrogens is 391 g/mol. The van der Waals surface area contributed by atoms with Crippen molar-refractivity contribution in [3.63, 3.8) is 0 Å². The van der Waals surface area contributed by atoms with Gasteiger partial charge in [0.25, 0.3) is 0 Å². The molecule has 6 nitrogen and oxygen atoms in total. The van der Waals surface area contributed by atoms with Crippen LogP contribution in [-0.4, -0.2) is 34.1 Å². The first-order valence-corrected chi connectivity index (χ1v) is 7.14. The molecule has 0 saturated carbocycles. The lowest BCUT2D eigenvalue weighted by atomic mass is 10.3. The number of hydrogen-bond donors (Lipinski definition) is 2. The van der Waals surface area contributed by atoms with E-state index in [0.717, 1.165) is 36.1 Å². The Balaban J connectivity index is 0.00000242. The standard InChI is InChI=1S/C15H22N6.HI/c1-4-7-18-15(16-3)20-11-13-5-6-14(19-10-13)21-9-8-17-12(21)2;/h5-6,8-10H,4,7,11H2,1-3H3,(H2,16,18,20);1H. The van der Waals surface area contributed by atoms with Crippen LogP contribution < -0.4 is 10.6 Å². The van der Waals surface area contributed by atoms with Gasteiger partial charge in [-0.3, -0.25) is 9.56 Å². The summed E-state index contributed by atoms with van der Waals surface area (Å²) in [6, 6.07) is 4.05. The van der Waals surface area contributed by atoms with Gasteiger partial charge in [-0.15, -0.1) is 24.0 Å². The Bertz CT molecular complexity index is 590. The molecule has 0 amide bonds. The normalized spacial score (nSPS) is 11.0. The molecule has 2 heterocycles. The van der Waals surface area contributed by atoms with Gasteiger partial charge in [-0.1, -0.05) is 13.0 Å². The number of aliphatic imine (C=N–C) groups is 1. The minimum absolute atomic E-state index is 0. The van der Waals surface area contributed by atoms with E-state index >= 15 is 0 Å². The van der Waals surface area contributed by atoms with Gasteiger partial charge in [0.1, 0.15) is 11.6 Å². The zero-order chi connectivity index (χ0) is 15.1. The van der Waals surface area contributed by atoms with Gasteiger partial charge in [0.05, 0.1) is 0 Å². The van der Waals surface area contributed by atoms with Crippen molar-refractivity contribution in [3.05, 3.63) is 42.1 Å².